The third kappa shape index (κ3) is 18.2. The van der Waals surface area contributed by atoms with Crippen LogP contribution in [-0.4, -0.2) is 106 Å². The molecule has 1 aliphatic heterocycles. The van der Waals surface area contributed by atoms with Crippen LogP contribution in [-0.2, 0) is 57.9 Å². The number of hydrogen-bond acceptors (Lipinski definition) is 11. The lowest BCUT2D eigenvalue weighted by Crippen LogP contribution is -2.45. The summed E-state index contributed by atoms with van der Waals surface area (Å²) >= 11 is 0. The van der Waals surface area contributed by atoms with Crippen LogP contribution in [0.15, 0.2) is 91.0 Å². The highest BCUT2D eigenvalue weighted by Crippen LogP contribution is 2.24. The number of carbonyl (C=O) groups is 9. The number of nitrogens with zero attached hydrogens (tertiary/aromatic N) is 2. The van der Waals surface area contributed by atoms with E-state index in [4.69, 9.17) is 15.7 Å². The highest BCUT2D eigenvalue weighted by atomic mass is 16.6. The molecule has 394 valence electrons. The number of unbranched alkanes of at least 4 members (excludes halogenated alkanes) is 2. The molecule has 1 aromatic heterocycles. The Hall–Kier alpha value is -8.13. The largest absolute Gasteiger partial charge is 0.445 e. The smallest absolute Gasteiger partial charge is 0.410 e. The van der Waals surface area contributed by atoms with Crippen molar-refractivity contribution in [1.29, 1.82) is 0 Å². The van der Waals surface area contributed by atoms with E-state index < -0.39 is 47.7 Å². The maximum Gasteiger partial charge on any atom is 0.410 e. The molecule has 9 N–H and O–H groups in total. The van der Waals surface area contributed by atoms with E-state index in [1.807, 2.05) is 43.3 Å². The number of hydrogen-bond donors (Lipinski definition) is 8. The van der Waals surface area contributed by atoms with E-state index in [9.17, 15) is 43.2 Å². The molecule has 1 aliphatic rings. The number of fused-ring (bicyclic) bond motifs is 1. The molecule has 3 aromatic carbocycles. The van der Waals surface area contributed by atoms with Gasteiger partial charge in [0.2, 0.25) is 17.7 Å². The summed E-state index contributed by atoms with van der Waals surface area (Å²) in [5.74, 6) is -3.96. The topological polar surface area (TPSA) is 292 Å². The second kappa shape index (κ2) is 28.8. The number of carbonyl (C=O) groups excluding carboxylic acids is 9. The number of benzene rings is 3. The van der Waals surface area contributed by atoms with Crippen molar-refractivity contribution in [3.05, 3.63) is 119 Å². The molecule has 0 bridgehead atoms. The summed E-state index contributed by atoms with van der Waals surface area (Å²) in [6, 6.07) is 20.4. The third-order valence-corrected chi connectivity index (χ3v) is 12.4. The molecule has 0 unspecified atom stereocenters. The number of amides is 9. The number of aromatic amines is 1. The van der Waals surface area contributed by atoms with Gasteiger partial charge in [0.05, 0.1) is 6.04 Å². The quantitative estimate of drug-likeness (QED) is 0.0111. The molecule has 0 radical (unpaired) electrons. The van der Waals surface area contributed by atoms with Crippen molar-refractivity contribution in [2.45, 2.75) is 97.8 Å². The van der Waals surface area contributed by atoms with Gasteiger partial charge in [-0.3, -0.25) is 43.7 Å². The van der Waals surface area contributed by atoms with Crippen LogP contribution < -0.4 is 32.5 Å². The number of nitrogens with one attached hydrogen (secondary N) is 6. The summed E-state index contributed by atoms with van der Waals surface area (Å²) in [5, 5.41) is 20.8. The standard InChI is InChI=1S/C54H67N9O11/c1-35(2)51(60-47(66)14-6-4-5-13-46(65)56-29-31-63-49(68)25-26-50(63)69)45(64)32-40(10-9-28-57-53(55)71)52(70)59-41-22-19-39(20-23-41)34-74-54(72)62(30-27-42-36(3)58-44-12-8-7-11-43(42)44)33-38-17-15-37(16-18-38)21-24-48(67)61-73/h7-8,11-12,15-26,35,40,51,58,73H,4-6,9-10,13-14,27-34H2,1-3H3,(H,56,65)(H,59,70)(H,60,66)(H,61,67)(H3,55,57,71)/b24-21+/t40-,51+/m1/s1. The lowest BCUT2D eigenvalue weighted by Gasteiger charge is -2.24. The molecular formula is C54H67N9O11. The number of hydroxylamine groups is 1. The first-order valence-electron chi connectivity index (χ1n) is 24.8. The molecular weight excluding hydrogens is 951 g/mol. The fraction of sp³-hybridized carbons (Fsp3) is 0.389. The first-order chi connectivity index (χ1) is 35.5. The number of anilines is 1. The van der Waals surface area contributed by atoms with E-state index >= 15 is 0 Å². The van der Waals surface area contributed by atoms with Gasteiger partial charge in [-0.1, -0.05) is 74.9 Å². The number of nitrogens with two attached hydrogens (primary N) is 1. The molecule has 0 spiro atoms. The van der Waals surface area contributed by atoms with Crippen LogP contribution in [0.2, 0.25) is 0 Å². The fourth-order valence-electron chi connectivity index (χ4n) is 8.38. The lowest BCUT2D eigenvalue weighted by atomic mass is 9.89. The van der Waals surface area contributed by atoms with Crippen LogP contribution >= 0.6 is 0 Å². The fourth-order valence-corrected chi connectivity index (χ4v) is 8.38. The molecule has 0 saturated heterocycles. The van der Waals surface area contributed by atoms with Crippen LogP contribution in [0.5, 0.6) is 0 Å². The van der Waals surface area contributed by atoms with Gasteiger partial charge in [0.25, 0.3) is 17.7 Å². The van der Waals surface area contributed by atoms with E-state index in [0.717, 1.165) is 38.2 Å². The number of para-hydroxylation sites is 1. The average molecular weight is 1020 g/mol. The number of urea groups is 1. The van der Waals surface area contributed by atoms with Crippen LogP contribution in [0.1, 0.15) is 93.2 Å². The number of H-pyrrole nitrogens is 1. The Labute approximate surface area is 429 Å². The van der Waals surface area contributed by atoms with Gasteiger partial charge in [-0.2, -0.15) is 0 Å². The van der Waals surface area contributed by atoms with Crippen LogP contribution in [0.25, 0.3) is 17.0 Å². The van der Waals surface area contributed by atoms with E-state index in [-0.39, 0.29) is 82.0 Å². The molecule has 20 heteroatoms. The van der Waals surface area contributed by atoms with Crippen LogP contribution in [0.4, 0.5) is 15.3 Å². The predicted octanol–water partition coefficient (Wildman–Crippen LogP) is 5.47. The zero-order valence-electron chi connectivity index (χ0n) is 42.1. The monoisotopic (exact) mass is 1020 g/mol. The second-order valence-electron chi connectivity index (χ2n) is 18.4. The van der Waals surface area contributed by atoms with Crippen LogP contribution in [0, 0.1) is 18.8 Å². The lowest BCUT2D eigenvalue weighted by molar-refractivity contribution is -0.137. The molecule has 4 aromatic rings. The first-order valence-corrected chi connectivity index (χ1v) is 24.8. The molecule has 2 heterocycles. The van der Waals surface area contributed by atoms with Crippen molar-refractivity contribution in [1.82, 2.24) is 36.2 Å². The molecule has 0 fully saturated rings. The maximum absolute atomic E-state index is 13.8. The Balaban J connectivity index is 1.14. The SMILES string of the molecule is Cc1[nH]c2ccccc2c1CCN(Cc1ccc(/C=C/C(=O)NO)cc1)C(=O)OCc1ccc(NC(=O)[C@H](CCCNC(N)=O)CC(=O)[C@@H](NC(=O)CCCCCC(=O)NCCN2C(=O)C=CC2=O)C(C)C)cc1. The molecule has 5 rings (SSSR count). The number of ether oxygens (including phenoxy) is 1. The number of imide groups is 1. The summed E-state index contributed by atoms with van der Waals surface area (Å²) in [5.41, 5.74) is 12.5. The number of rotatable bonds is 29. The molecule has 74 heavy (non-hydrogen) atoms. The maximum atomic E-state index is 13.8. The highest BCUT2D eigenvalue weighted by molar-refractivity contribution is 6.12. The van der Waals surface area contributed by atoms with E-state index in [1.165, 1.54) is 18.2 Å². The normalized spacial score (nSPS) is 13.0. The van der Waals surface area contributed by atoms with Gasteiger partial charge in [-0.15, -0.1) is 0 Å². The summed E-state index contributed by atoms with van der Waals surface area (Å²) in [6.07, 6.45) is 7.38. The summed E-state index contributed by atoms with van der Waals surface area (Å²) in [6.45, 7) is 6.51. The van der Waals surface area contributed by atoms with Crippen molar-refractivity contribution in [3.63, 3.8) is 0 Å². The Morgan fingerprint density at radius 2 is 1.50 bits per heavy atom. The number of aryl methyl sites for hydroxylation is 1. The Bertz CT molecular complexity index is 2660. The minimum absolute atomic E-state index is 0.0666. The van der Waals surface area contributed by atoms with Gasteiger partial charge in [0.1, 0.15) is 6.61 Å². The Morgan fingerprint density at radius 1 is 0.824 bits per heavy atom. The summed E-state index contributed by atoms with van der Waals surface area (Å²) < 4.78 is 5.84. The van der Waals surface area contributed by atoms with E-state index in [2.05, 4.69) is 26.3 Å². The average Bonchev–Trinajstić information content (AvgIpc) is 3.88. The van der Waals surface area contributed by atoms with Gasteiger partial charge in [0, 0.05) is 98.4 Å². The first kappa shape index (κ1) is 56.8. The van der Waals surface area contributed by atoms with Crippen LogP contribution in [0.3, 0.4) is 0 Å². The summed E-state index contributed by atoms with van der Waals surface area (Å²) in [4.78, 5) is 119. The van der Waals surface area contributed by atoms with Gasteiger partial charge < -0.3 is 41.6 Å². The third-order valence-electron chi connectivity index (χ3n) is 12.4. The number of primary amides is 1. The van der Waals surface area contributed by atoms with Crippen molar-refractivity contribution >= 4 is 76.0 Å². The zero-order valence-corrected chi connectivity index (χ0v) is 42.1. The minimum Gasteiger partial charge on any atom is -0.445 e. The second-order valence-corrected chi connectivity index (χ2v) is 18.4. The zero-order chi connectivity index (χ0) is 53.6. The van der Waals surface area contributed by atoms with Crippen molar-refractivity contribution < 1.29 is 53.1 Å². The molecule has 20 nitrogen and oxygen atoms in total. The summed E-state index contributed by atoms with van der Waals surface area (Å²) in [7, 11) is 0. The minimum atomic E-state index is -0.871. The predicted molar refractivity (Wildman–Crippen MR) is 276 cm³/mol. The van der Waals surface area contributed by atoms with Gasteiger partial charge in [-0.25, -0.2) is 15.1 Å². The molecule has 2 atom stereocenters. The number of ketones is 1. The number of Topliss-reactive ketones (excluding diaryl/α,β-unsaturated/α-hetero) is 1. The molecule has 0 aliphatic carbocycles. The Morgan fingerprint density at radius 3 is 2.18 bits per heavy atom. The van der Waals surface area contributed by atoms with Crippen molar-refractivity contribution in [3.8, 4) is 0 Å². The number of aromatic nitrogens is 1. The van der Waals surface area contributed by atoms with Crippen molar-refractivity contribution in [2.75, 3.05) is 31.5 Å². The van der Waals surface area contributed by atoms with Gasteiger partial charge in [-0.05, 0) is 91.5 Å². The van der Waals surface area contributed by atoms with Gasteiger partial charge in [0.15, 0.2) is 5.78 Å². The molecule has 9 amide bonds. The van der Waals surface area contributed by atoms with E-state index in [0.29, 0.717) is 49.9 Å². The van der Waals surface area contributed by atoms with Crippen molar-refractivity contribution in [2.24, 2.45) is 17.6 Å². The molecule has 0 saturated carbocycles. The van der Waals surface area contributed by atoms with E-state index in [1.54, 1.807) is 66.7 Å². The Kier molecular flexibility index (Phi) is 22.1. The highest BCUT2D eigenvalue weighted by Gasteiger charge is 2.30. The van der Waals surface area contributed by atoms with Gasteiger partial charge >= 0.3 is 12.1 Å².